The van der Waals surface area contributed by atoms with Crippen LogP contribution in [-0.2, 0) is 4.79 Å². The number of carbonyl (C=O) groups is 2. The van der Waals surface area contributed by atoms with Crippen LogP contribution in [0.5, 0.6) is 0 Å². The first-order valence-electron chi connectivity index (χ1n) is 6.85. The number of carboxylic acid groups (broad SMARTS) is 1. The van der Waals surface area contributed by atoms with Crippen molar-refractivity contribution in [3.8, 4) is 0 Å². The molecule has 1 aliphatic carbocycles. The molecule has 1 aliphatic rings. The average molecular weight is 297 g/mol. The molecule has 1 fully saturated rings. The van der Waals surface area contributed by atoms with Crippen LogP contribution in [0.1, 0.15) is 43.0 Å². The van der Waals surface area contributed by atoms with Crippen molar-refractivity contribution in [3.05, 3.63) is 35.4 Å². The molecule has 1 saturated carbocycles. The molecule has 0 bridgehead atoms. The number of halogens is 2. The first kappa shape index (κ1) is 15.4. The van der Waals surface area contributed by atoms with Crippen molar-refractivity contribution >= 4 is 11.9 Å². The van der Waals surface area contributed by atoms with E-state index in [4.69, 9.17) is 0 Å². The summed E-state index contributed by atoms with van der Waals surface area (Å²) in [6.45, 7) is 2.01. The minimum atomic E-state index is -1.40. The third-order valence-electron chi connectivity index (χ3n) is 4.06. The summed E-state index contributed by atoms with van der Waals surface area (Å²) in [5.41, 5.74) is -1.88. The van der Waals surface area contributed by atoms with Gasteiger partial charge in [0.25, 0.3) is 5.91 Å². The molecule has 0 aromatic heterocycles. The van der Waals surface area contributed by atoms with E-state index in [1.54, 1.807) is 0 Å². The normalized spacial score (nSPS) is 25.4. The molecule has 0 heterocycles. The Bertz CT molecular complexity index is 566. The molecule has 2 N–H and O–H groups in total. The zero-order chi connectivity index (χ0) is 15.6. The summed E-state index contributed by atoms with van der Waals surface area (Å²) in [6, 6.07) is 2.52. The summed E-state index contributed by atoms with van der Waals surface area (Å²) in [4.78, 5) is 23.6. The standard InChI is InChI=1S/C15H17F2NO3/c1-9-4-6-15(7-5-9,14(20)21)18-13(19)11-8-10(16)2-3-12(11)17/h2-3,8-9H,4-7H2,1H3,(H,18,19)(H,20,21). The number of hydrogen-bond acceptors (Lipinski definition) is 2. The van der Waals surface area contributed by atoms with Crippen LogP contribution in [-0.4, -0.2) is 22.5 Å². The highest BCUT2D eigenvalue weighted by molar-refractivity contribution is 5.98. The van der Waals surface area contributed by atoms with Gasteiger partial charge in [-0.2, -0.15) is 0 Å². The van der Waals surface area contributed by atoms with E-state index in [9.17, 15) is 23.5 Å². The number of amides is 1. The van der Waals surface area contributed by atoms with Gasteiger partial charge in [0.15, 0.2) is 0 Å². The lowest BCUT2D eigenvalue weighted by molar-refractivity contribution is -0.146. The number of carbonyl (C=O) groups excluding carboxylic acids is 1. The molecule has 0 spiro atoms. The molecule has 21 heavy (non-hydrogen) atoms. The highest BCUT2D eigenvalue weighted by Gasteiger charge is 2.42. The minimum absolute atomic E-state index is 0.284. The Kier molecular flexibility index (Phi) is 4.25. The maximum absolute atomic E-state index is 13.6. The summed E-state index contributed by atoms with van der Waals surface area (Å²) in [5.74, 6) is -3.27. The lowest BCUT2D eigenvalue weighted by atomic mass is 9.77. The third kappa shape index (κ3) is 3.20. The van der Waals surface area contributed by atoms with Crippen LogP contribution in [0.2, 0.25) is 0 Å². The maximum Gasteiger partial charge on any atom is 0.329 e. The molecule has 4 nitrogen and oxygen atoms in total. The molecule has 0 atom stereocenters. The Morgan fingerprint density at radius 1 is 1.29 bits per heavy atom. The molecule has 1 aromatic carbocycles. The Morgan fingerprint density at radius 2 is 1.90 bits per heavy atom. The van der Waals surface area contributed by atoms with Crippen LogP contribution >= 0.6 is 0 Å². The Morgan fingerprint density at radius 3 is 2.48 bits per heavy atom. The van der Waals surface area contributed by atoms with Gasteiger partial charge in [-0.05, 0) is 49.8 Å². The average Bonchev–Trinajstić information content (AvgIpc) is 2.44. The second kappa shape index (κ2) is 5.79. The number of benzene rings is 1. The van der Waals surface area contributed by atoms with E-state index in [0.717, 1.165) is 18.2 Å². The van der Waals surface area contributed by atoms with Crippen molar-refractivity contribution < 1.29 is 23.5 Å². The predicted octanol–water partition coefficient (Wildman–Crippen LogP) is 2.73. The van der Waals surface area contributed by atoms with Gasteiger partial charge in [0.1, 0.15) is 17.2 Å². The molecule has 0 aliphatic heterocycles. The van der Waals surface area contributed by atoms with Gasteiger partial charge in [-0.15, -0.1) is 0 Å². The SMILES string of the molecule is CC1CCC(NC(=O)c2cc(F)ccc2F)(C(=O)O)CC1. The predicted molar refractivity (Wildman–Crippen MR) is 71.8 cm³/mol. The monoisotopic (exact) mass is 297 g/mol. The van der Waals surface area contributed by atoms with Crippen molar-refractivity contribution in [2.75, 3.05) is 0 Å². The fourth-order valence-electron chi connectivity index (χ4n) is 2.60. The van der Waals surface area contributed by atoms with E-state index in [0.29, 0.717) is 18.8 Å². The minimum Gasteiger partial charge on any atom is -0.480 e. The van der Waals surface area contributed by atoms with Gasteiger partial charge in [-0.3, -0.25) is 4.79 Å². The number of carboxylic acids is 1. The first-order valence-corrected chi connectivity index (χ1v) is 6.85. The van der Waals surface area contributed by atoms with Gasteiger partial charge < -0.3 is 10.4 Å². The molecule has 0 saturated heterocycles. The van der Waals surface area contributed by atoms with Crippen LogP contribution < -0.4 is 5.32 Å². The second-order valence-corrected chi connectivity index (χ2v) is 5.65. The van der Waals surface area contributed by atoms with Gasteiger partial charge in [-0.25, -0.2) is 13.6 Å². The highest BCUT2D eigenvalue weighted by atomic mass is 19.1. The topological polar surface area (TPSA) is 66.4 Å². The van der Waals surface area contributed by atoms with Gasteiger partial charge in [0.05, 0.1) is 5.56 Å². The van der Waals surface area contributed by atoms with E-state index >= 15 is 0 Å². The van der Waals surface area contributed by atoms with Crippen LogP contribution in [0.4, 0.5) is 8.78 Å². The van der Waals surface area contributed by atoms with Crippen molar-refractivity contribution in [2.45, 2.75) is 38.1 Å². The number of aliphatic carboxylic acids is 1. The van der Waals surface area contributed by atoms with E-state index < -0.39 is 34.6 Å². The molecular weight excluding hydrogens is 280 g/mol. The van der Waals surface area contributed by atoms with Gasteiger partial charge >= 0.3 is 5.97 Å². The Hall–Kier alpha value is -1.98. The highest BCUT2D eigenvalue weighted by Crippen LogP contribution is 2.32. The van der Waals surface area contributed by atoms with E-state index in [-0.39, 0.29) is 12.8 Å². The molecule has 2 rings (SSSR count). The fraction of sp³-hybridized carbons (Fsp3) is 0.467. The van der Waals surface area contributed by atoms with E-state index in [2.05, 4.69) is 5.32 Å². The summed E-state index contributed by atoms with van der Waals surface area (Å²) in [7, 11) is 0. The molecule has 114 valence electrons. The molecule has 1 aromatic rings. The summed E-state index contributed by atoms with van der Waals surface area (Å²) >= 11 is 0. The summed E-state index contributed by atoms with van der Waals surface area (Å²) in [6.07, 6.45) is 1.90. The van der Waals surface area contributed by atoms with Crippen molar-refractivity contribution in [3.63, 3.8) is 0 Å². The van der Waals surface area contributed by atoms with Crippen molar-refractivity contribution in [1.29, 1.82) is 0 Å². The van der Waals surface area contributed by atoms with Crippen LogP contribution in [0.3, 0.4) is 0 Å². The third-order valence-corrected chi connectivity index (χ3v) is 4.06. The lowest BCUT2D eigenvalue weighted by Gasteiger charge is -2.36. The zero-order valence-electron chi connectivity index (χ0n) is 11.7. The van der Waals surface area contributed by atoms with Gasteiger partial charge in [0, 0.05) is 0 Å². The van der Waals surface area contributed by atoms with Crippen LogP contribution in [0.25, 0.3) is 0 Å². The van der Waals surface area contributed by atoms with E-state index in [1.807, 2.05) is 6.92 Å². The number of nitrogens with one attached hydrogen (secondary N) is 1. The Balaban J connectivity index is 2.23. The zero-order valence-corrected chi connectivity index (χ0v) is 11.7. The van der Waals surface area contributed by atoms with Crippen molar-refractivity contribution in [2.24, 2.45) is 5.92 Å². The summed E-state index contributed by atoms with van der Waals surface area (Å²) < 4.78 is 26.7. The number of hydrogen-bond donors (Lipinski definition) is 2. The Labute approximate surface area is 121 Å². The van der Waals surface area contributed by atoms with E-state index in [1.165, 1.54) is 0 Å². The largest absolute Gasteiger partial charge is 0.480 e. The fourth-order valence-corrected chi connectivity index (χ4v) is 2.60. The molecular formula is C15H17F2NO3. The quantitative estimate of drug-likeness (QED) is 0.901. The maximum atomic E-state index is 13.6. The molecule has 6 heteroatoms. The first-order chi connectivity index (χ1) is 9.84. The second-order valence-electron chi connectivity index (χ2n) is 5.65. The number of rotatable bonds is 3. The summed E-state index contributed by atoms with van der Waals surface area (Å²) in [5, 5.41) is 11.8. The van der Waals surface area contributed by atoms with Crippen LogP contribution in [0, 0.1) is 17.6 Å². The van der Waals surface area contributed by atoms with Gasteiger partial charge in [-0.1, -0.05) is 6.92 Å². The smallest absolute Gasteiger partial charge is 0.329 e. The lowest BCUT2D eigenvalue weighted by Crippen LogP contribution is -2.56. The molecule has 0 radical (unpaired) electrons. The molecule has 1 amide bonds. The van der Waals surface area contributed by atoms with Crippen LogP contribution in [0.15, 0.2) is 18.2 Å². The molecule has 0 unspecified atom stereocenters. The van der Waals surface area contributed by atoms with Gasteiger partial charge in [0.2, 0.25) is 0 Å². The van der Waals surface area contributed by atoms with Crippen molar-refractivity contribution in [1.82, 2.24) is 5.32 Å².